The standard InChI is InChI=1S/C11H15BrN2/c1-11(2)7(6-13)9(11)10-8(12)4-3-5-14-10/h3-5,7,9H,6,13H2,1-2H3/t7-,9+/m1/s1. The Kier molecular flexibility index (Phi) is 2.40. The summed E-state index contributed by atoms with van der Waals surface area (Å²) in [4.78, 5) is 4.43. The SMILES string of the molecule is CC1(C)[C@H](CN)[C@H]1c1ncccc1Br. The molecule has 1 saturated carbocycles. The van der Waals surface area contributed by atoms with Crippen LogP contribution in [0, 0.1) is 11.3 Å². The van der Waals surface area contributed by atoms with Gasteiger partial charge in [0.15, 0.2) is 0 Å². The average molecular weight is 255 g/mol. The quantitative estimate of drug-likeness (QED) is 0.881. The van der Waals surface area contributed by atoms with Crippen LogP contribution in [0.2, 0.25) is 0 Å². The van der Waals surface area contributed by atoms with Crippen LogP contribution in [0.5, 0.6) is 0 Å². The Labute approximate surface area is 93.0 Å². The van der Waals surface area contributed by atoms with Gasteiger partial charge < -0.3 is 5.73 Å². The summed E-state index contributed by atoms with van der Waals surface area (Å²) in [5, 5.41) is 0. The molecular formula is C11H15BrN2. The van der Waals surface area contributed by atoms with Crippen molar-refractivity contribution in [2.45, 2.75) is 19.8 Å². The van der Waals surface area contributed by atoms with Crippen LogP contribution in [0.1, 0.15) is 25.5 Å². The van der Waals surface area contributed by atoms with E-state index in [0.29, 0.717) is 17.3 Å². The summed E-state index contributed by atoms with van der Waals surface area (Å²) < 4.78 is 1.11. The van der Waals surface area contributed by atoms with Gasteiger partial charge in [0.05, 0.1) is 5.69 Å². The summed E-state index contributed by atoms with van der Waals surface area (Å²) in [6.07, 6.45) is 1.85. The molecule has 0 aromatic carbocycles. The van der Waals surface area contributed by atoms with E-state index in [1.807, 2.05) is 18.3 Å². The van der Waals surface area contributed by atoms with E-state index in [0.717, 1.165) is 16.7 Å². The third-order valence-corrected chi connectivity index (χ3v) is 4.06. The van der Waals surface area contributed by atoms with E-state index in [-0.39, 0.29) is 0 Å². The Balaban J connectivity index is 2.31. The number of hydrogen-bond acceptors (Lipinski definition) is 2. The molecular weight excluding hydrogens is 240 g/mol. The van der Waals surface area contributed by atoms with E-state index >= 15 is 0 Å². The lowest BCUT2D eigenvalue weighted by Gasteiger charge is -2.03. The highest BCUT2D eigenvalue weighted by atomic mass is 79.9. The fraction of sp³-hybridized carbons (Fsp3) is 0.545. The van der Waals surface area contributed by atoms with Crippen molar-refractivity contribution in [2.75, 3.05) is 6.54 Å². The topological polar surface area (TPSA) is 38.9 Å². The molecule has 1 heterocycles. The molecule has 14 heavy (non-hydrogen) atoms. The molecule has 0 amide bonds. The Bertz CT molecular complexity index is 349. The third kappa shape index (κ3) is 1.39. The van der Waals surface area contributed by atoms with E-state index < -0.39 is 0 Å². The molecule has 0 spiro atoms. The van der Waals surface area contributed by atoms with Crippen molar-refractivity contribution in [3.8, 4) is 0 Å². The molecule has 1 aromatic heterocycles. The van der Waals surface area contributed by atoms with E-state index in [1.165, 1.54) is 0 Å². The molecule has 1 aliphatic rings. The lowest BCUT2D eigenvalue weighted by atomic mass is 10.1. The largest absolute Gasteiger partial charge is 0.330 e. The second-order valence-electron chi connectivity index (χ2n) is 4.51. The number of nitrogens with two attached hydrogens (primary N) is 1. The molecule has 0 saturated heterocycles. The van der Waals surface area contributed by atoms with Gasteiger partial charge in [0, 0.05) is 16.6 Å². The number of nitrogens with zero attached hydrogens (tertiary/aromatic N) is 1. The Morgan fingerprint density at radius 3 is 2.79 bits per heavy atom. The molecule has 2 N–H and O–H groups in total. The van der Waals surface area contributed by atoms with E-state index in [2.05, 4.69) is 34.8 Å². The van der Waals surface area contributed by atoms with Crippen molar-refractivity contribution in [3.05, 3.63) is 28.5 Å². The Morgan fingerprint density at radius 1 is 1.57 bits per heavy atom. The van der Waals surface area contributed by atoms with E-state index in [4.69, 9.17) is 5.73 Å². The minimum Gasteiger partial charge on any atom is -0.330 e. The lowest BCUT2D eigenvalue weighted by molar-refractivity contribution is 0.557. The molecule has 0 aliphatic heterocycles. The van der Waals surface area contributed by atoms with E-state index in [9.17, 15) is 0 Å². The van der Waals surface area contributed by atoms with Crippen LogP contribution in [-0.4, -0.2) is 11.5 Å². The fourth-order valence-corrected chi connectivity index (χ4v) is 2.86. The zero-order valence-electron chi connectivity index (χ0n) is 8.50. The monoisotopic (exact) mass is 254 g/mol. The van der Waals surface area contributed by atoms with Crippen LogP contribution in [0.4, 0.5) is 0 Å². The summed E-state index contributed by atoms with van der Waals surface area (Å²) in [5.74, 6) is 1.09. The summed E-state index contributed by atoms with van der Waals surface area (Å²) in [6.45, 7) is 5.27. The maximum absolute atomic E-state index is 5.74. The number of hydrogen-bond donors (Lipinski definition) is 1. The van der Waals surface area contributed by atoms with Gasteiger partial charge in [0.25, 0.3) is 0 Å². The Morgan fingerprint density at radius 2 is 2.29 bits per heavy atom. The van der Waals surface area contributed by atoms with Crippen LogP contribution >= 0.6 is 15.9 Å². The molecule has 76 valence electrons. The van der Waals surface area contributed by atoms with Crippen LogP contribution in [0.15, 0.2) is 22.8 Å². The van der Waals surface area contributed by atoms with Gasteiger partial charge in [-0.05, 0) is 45.9 Å². The number of aromatic nitrogens is 1. The average Bonchev–Trinajstić information content (AvgIpc) is 2.69. The summed E-state index contributed by atoms with van der Waals surface area (Å²) in [5.41, 5.74) is 7.22. The smallest absolute Gasteiger partial charge is 0.0585 e. The molecule has 0 radical (unpaired) electrons. The predicted octanol–water partition coefficient (Wildman–Crippen LogP) is 2.54. The second-order valence-corrected chi connectivity index (χ2v) is 5.37. The van der Waals surface area contributed by atoms with Gasteiger partial charge in [0.2, 0.25) is 0 Å². The first kappa shape index (κ1) is 10.1. The van der Waals surface area contributed by atoms with Crippen molar-refractivity contribution in [3.63, 3.8) is 0 Å². The maximum atomic E-state index is 5.74. The highest BCUT2D eigenvalue weighted by molar-refractivity contribution is 9.10. The van der Waals surface area contributed by atoms with Crippen molar-refractivity contribution in [2.24, 2.45) is 17.1 Å². The first-order chi connectivity index (χ1) is 6.59. The fourth-order valence-electron chi connectivity index (χ4n) is 2.35. The molecule has 2 atom stereocenters. The van der Waals surface area contributed by atoms with Crippen molar-refractivity contribution in [1.82, 2.24) is 4.98 Å². The Hall–Kier alpha value is -0.410. The van der Waals surface area contributed by atoms with Crippen LogP contribution in [0.25, 0.3) is 0 Å². The minimum absolute atomic E-state index is 0.311. The van der Waals surface area contributed by atoms with Crippen LogP contribution in [0.3, 0.4) is 0 Å². The molecule has 0 unspecified atom stereocenters. The van der Waals surface area contributed by atoms with Gasteiger partial charge in [-0.25, -0.2) is 0 Å². The molecule has 1 aromatic rings. The number of pyridine rings is 1. The lowest BCUT2D eigenvalue weighted by Crippen LogP contribution is -2.05. The summed E-state index contributed by atoms with van der Waals surface area (Å²) in [7, 11) is 0. The van der Waals surface area contributed by atoms with Gasteiger partial charge in [0.1, 0.15) is 0 Å². The molecule has 1 aliphatic carbocycles. The molecule has 2 rings (SSSR count). The predicted molar refractivity (Wildman–Crippen MR) is 61.0 cm³/mol. The first-order valence-corrected chi connectivity index (χ1v) is 5.68. The third-order valence-electron chi connectivity index (χ3n) is 3.39. The highest BCUT2D eigenvalue weighted by Gasteiger charge is 2.58. The van der Waals surface area contributed by atoms with Crippen LogP contribution < -0.4 is 5.73 Å². The molecule has 0 bridgehead atoms. The normalized spacial score (nSPS) is 28.9. The van der Waals surface area contributed by atoms with Crippen molar-refractivity contribution < 1.29 is 0 Å². The zero-order valence-corrected chi connectivity index (χ0v) is 10.1. The van der Waals surface area contributed by atoms with Gasteiger partial charge in [-0.2, -0.15) is 0 Å². The van der Waals surface area contributed by atoms with Gasteiger partial charge in [-0.3, -0.25) is 4.98 Å². The molecule has 2 nitrogen and oxygen atoms in total. The highest BCUT2D eigenvalue weighted by Crippen LogP contribution is 2.64. The second kappa shape index (κ2) is 3.31. The molecule has 1 fully saturated rings. The summed E-state index contributed by atoms with van der Waals surface area (Å²) in [6, 6.07) is 3.99. The number of rotatable bonds is 2. The first-order valence-electron chi connectivity index (χ1n) is 4.89. The van der Waals surface area contributed by atoms with Crippen molar-refractivity contribution in [1.29, 1.82) is 0 Å². The number of halogens is 1. The maximum Gasteiger partial charge on any atom is 0.0585 e. The van der Waals surface area contributed by atoms with Crippen molar-refractivity contribution >= 4 is 15.9 Å². The van der Waals surface area contributed by atoms with Gasteiger partial charge in [-0.15, -0.1) is 0 Å². The molecule has 3 heteroatoms. The minimum atomic E-state index is 0.311. The summed E-state index contributed by atoms with van der Waals surface area (Å²) >= 11 is 3.54. The van der Waals surface area contributed by atoms with Crippen LogP contribution in [-0.2, 0) is 0 Å². The van der Waals surface area contributed by atoms with Gasteiger partial charge in [-0.1, -0.05) is 13.8 Å². The van der Waals surface area contributed by atoms with Gasteiger partial charge >= 0.3 is 0 Å². The van der Waals surface area contributed by atoms with E-state index in [1.54, 1.807) is 0 Å². The zero-order chi connectivity index (χ0) is 10.3.